The Morgan fingerprint density at radius 3 is 2.67 bits per heavy atom. The summed E-state index contributed by atoms with van der Waals surface area (Å²) in [5.41, 5.74) is 3.64. The van der Waals surface area contributed by atoms with Gasteiger partial charge in [-0.1, -0.05) is 12.1 Å². The summed E-state index contributed by atoms with van der Waals surface area (Å²) in [5.74, 6) is 1.12. The van der Waals surface area contributed by atoms with Crippen LogP contribution in [0.3, 0.4) is 0 Å². The van der Waals surface area contributed by atoms with Crippen LogP contribution in [0, 0.1) is 13.8 Å². The molecule has 0 aliphatic rings. The molecule has 0 aliphatic heterocycles. The van der Waals surface area contributed by atoms with Crippen molar-refractivity contribution in [1.29, 1.82) is 0 Å². The summed E-state index contributed by atoms with van der Waals surface area (Å²) < 4.78 is 2.20. The van der Waals surface area contributed by atoms with Gasteiger partial charge in [0.05, 0.1) is 11.0 Å². The van der Waals surface area contributed by atoms with Gasteiger partial charge < -0.3 is 9.88 Å². The minimum Gasteiger partial charge on any atom is -0.331 e. The maximum absolute atomic E-state index is 4.78. The molecule has 1 aromatic carbocycles. The van der Waals surface area contributed by atoms with E-state index in [0.717, 1.165) is 17.8 Å². The van der Waals surface area contributed by atoms with Crippen molar-refractivity contribution in [2.45, 2.75) is 26.3 Å². The van der Waals surface area contributed by atoms with Gasteiger partial charge in [-0.3, -0.25) is 0 Å². The normalized spacial score (nSPS) is 13.0. The number of thiophene rings is 1. The van der Waals surface area contributed by atoms with Gasteiger partial charge in [-0.05, 0) is 44.7 Å². The lowest BCUT2D eigenvalue weighted by atomic mass is 10.1. The Morgan fingerprint density at radius 2 is 2.05 bits per heavy atom. The minimum atomic E-state index is 0.318. The lowest BCUT2D eigenvalue weighted by Crippen LogP contribution is -2.19. The summed E-state index contributed by atoms with van der Waals surface area (Å²) in [6.07, 6.45) is 0.904. The topological polar surface area (TPSA) is 29.9 Å². The van der Waals surface area contributed by atoms with Gasteiger partial charge in [0.1, 0.15) is 5.82 Å². The Bertz CT molecular complexity index is 750. The molecule has 0 saturated carbocycles. The minimum absolute atomic E-state index is 0.318. The molecule has 0 radical (unpaired) electrons. The molecule has 21 heavy (non-hydrogen) atoms. The van der Waals surface area contributed by atoms with Crippen LogP contribution in [0.2, 0.25) is 0 Å². The van der Waals surface area contributed by atoms with Gasteiger partial charge in [0.2, 0.25) is 0 Å². The van der Waals surface area contributed by atoms with E-state index in [2.05, 4.69) is 55.0 Å². The lowest BCUT2D eigenvalue weighted by Gasteiger charge is -2.14. The Labute approximate surface area is 129 Å². The zero-order valence-corrected chi connectivity index (χ0v) is 13.8. The number of hydrogen-bond donors (Lipinski definition) is 1. The molecule has 0 fully saturated rings. The fraction of sp³-hybridized carbons (Fsp3) is 0.353. The highest BCUT2D eigenvalue weighted by Gasteiger charge is 2.17. The van der Waals surface area contributed by atoms with Crippen molar-refractivity contribution in [2.24, 2.45) is 7.05 Å². The lowest BCUT2D eigenvalue weighted by molar-refractivity contribution is 0.574. The zero-order chi connectivity index (χ0) is 15.0. The molecule has 0 aliphatic carbocycles. The van der Waals surface area contributed by atoms with Crippen LogP contribution in [-0.4, -0.2) is 16.6 Å². The molecule has 4 heteroatoms. The molecule has 1 atom stereocenters. The van der Waals surface area contributed by atoms with Crippen LogP contribution in [0.5, 0.6) is 0 Å². The van der Waals surface area contributed by atoms with Gasteiger partial charge in [0, 0.05) is 29.3 Å². The molecule has 2 heterocycles. The second-order valence-electron chi connectivity index (χ2n) is 5.51. The van der Waals surface area contributed by atoms with Gasteiger partial charge in [-0.25, -0.2) is 4.98 Å². The zero-order valence-electron chi connectivity index (χ0n) is 13.0. The number of para-hydroxylation sites is 2. The smallest absolute Gasteiger partial charge is 0.111 e. The highest BCUT2D eigenvalue weighted by atomic mass is 32.1. The van der Waals surface area contributed by atoms with E-state index in [0.29, 0.717) is 6.04 Å². The summed E-state index contributed by atoms with van der Waals surface area (Å²) >= 11 is 1.88. The number of fused-ring (bicyclic) bond motifs is 1. The van der Waals surface area contributed by atoms with Crippen LogP contribution < -0.4 is 5.32 Å². The number of aromatic nitrogens is 2. The molecule has 3 rings (SSSR count). The van der Waals surface area contributed by atoms with E-state index >= 15 is 0 Å². The summed E-state index contributed by atoms with van der Waals surface area (Å²) in [4.78, 5) is 7.57. The number of aryl methyl sites for hydroxylation is 3. The molecule has 3 nitrogen and oxygen atoms in total. The average molecular weight is 299 g/mol. The summed E-state index contributed by atoms with van der Waals surface area (Å²) in [7, 11) is 4.13. The average Bonchev–Trinajstić information content (AvgIpc) is 2.98. The van der Waals surface area contributed by atoms with Gasteiger partial charge in [-0.2, -0.15) is 0 Å². The number of benzene rings is 1. The number of hydrogen-bond acceptors (Lipinski definition) is 3. The van der Waals surface area contributed by atoms with E-state index in [1.54, 1.807) is 0 Å². The van der Waals surface area contributed by atoms with E-state index in [9.17, 15) is 0 Å². The Morgan fingerprint density at radius 1 is 1.29 bits per heavy atom. The maximum atomic E-state index is 4.78. The van der Waals surface area contributed by atoms with Crippen LogP contribution in [0.4, 0.5) is 0 Å². The molecule has 0 spiro atoms. The first-order valence-electron chi connectivity index (χ1n) is 7.24. The number of imidazole rings is 1. The first-order valence-corrected chi connectivity index (χ1v) is 8.06. The molecule has 0 saturated heterocycles. The fourth-order valence-corrected chi connectivity index (χ4v) is 3.83. The second-order valence-corrected chi connectivity index (χ2v) is 6.80. The summed E-state index contributed by atoms with van der Waals surface area (Å²) in [5, 5.41) is 3.44. The van der Waals surface area contributed by atoms with Gasteiger partial charge in [0.25, 0.3) is 0 Å². The van der Waals surface area contributed by atoms with Crippen molar-refractivity contribution in [1.82, 2.24) is 14.9 Å². The van der Waals surface area contributed by atoms with Gasteiger partial charge in [-0.15, -0.1) is 11.3 Å². The summed E-state index contributed by atoms with van der Waals surface area (Å²) in [6, 6.07) is 10.9. The van der Waals surface area contributed by atoms with Crippen molar-refractivity contribution < 1.29 is 0 Å². The highest BCUT2D eigenvalue weighted by Crippen LogP contribution is 2.29. The molecular weight excluding hydrogens is 278 g/mol. The third-order valence-electron chi connectivity index (χ3n) is 4.14. The molecule has 1 N–H and O–H groups in total. The predicted octanol–water partition coefficient (Wildman–Crippen LogP) is 3.75. The highest BCUT2D eigenvalue weighted by molar-refractivity contribution is 7.12. The van der Waals surface area contributed by atoms with Crippen LogP contribution in [0.15, 0.2) is 30.3 Å². The molecule has 0 amide bonds. The Hall–Kier alpha value is -1.65. The third kappa shape index (κ3) is 2.61. The fourth-order valence-electron chi connectivity index (χ4n) is 2.68. The van der Waals surface area contributed by atoms with Crippen molar-refractivity contribution in [3.05, 3.63) is 51.5 Å². The van der Waals surface area contributed by atoms with Crippen LogP contribution in [0.25, 0.3) is 11.0 Å². The van der Waals surface area contributed by atoms with E-state index in [1.807, 2.05) is 24.5 Å². The molecular formula is C17H21N3S. The number of rotatable bonds is 4. The molecule has 110 valence electrons. The number of nitrogens with one attached hydrogen (secondary N) is 1. The van der Waals surface area contributed by atoms with Crippen molar-refractivity contribution >= 4 is 22.4 Å². The first kappa shape index (κ1) is 14.3. The standard InChI is InChI=1S/C17H21N3S/c1-11-9-16(21-12(11)2)14(18-3)10-17-19-13-7-5-6-8-15(13)20(17)4/h5-9,14,18H,10H2,1-4H3. The van der Waals surface area contributed by atoms with Gasteiger partial charge in [0.15, 0.2) is 0 Å². The SMILES string of the molecule is CNC(Cc1nc2ccccc2n1C)c1cc(C)c(C)s1. The van der Waals surface area contributed by atoms with E-state index in [1.165, 1.54) is 20.8 Å². The molecule has 2 aromatic heterocycles. The molecule has 3 aromatic rings. The maximum Gasteiger partial charge on any atom is 0.111 e. The number of likely N-dealkylation sites (N-methyl/N-ethyl adjacent to an activating group) is 1. The predicted molar refractivity (Wildman–Crippen MR) is 90.0 cm³/mol. The van der Waals surface area contributed by atoms with E-state index < -0.39 is 0 Å². The van der Waals surface area contributed by atoms with Gasteiger partial charge >= 0.3 is 0 Å². The van der Waals surface area contributed by atoms with Crippen LogP contribution >= 0.6 is 11.3 Å². The second kappa shape index (κ2) is 5.62. The quantitative estimate of drug-likeness (QED) is 0.795. The van der Waals surface area contributed by atoms with Crippen molar-refractivity contribution in [3.63, 3.8) is 0 Å². The first-order chi connectivity index (χ1) is 10.1. The van der Waals surface area contributed by atoms with Crippen molar-refractivity contribution in [3.8, 4) is 0 Å². The Kier molecular flexibility index (Phi) is 3.83. The summed E-state index contributed by atoms with van der Waals surface area (Å²) in [6.45, 7) is 4.36. The Balaban J connectivity index is 1.94. The largest absolute Gasteiger partial charge is 0.331 e. The number of nitrogens with zero attached hydrogens (tertiary/aromatic N) is 2. The molecule has 0 bridgehead atoms. The molecule has 1 unspecified atom stereocenters. The van der Waals surface area contributed by atoms with Crippen LogP contribution in [-0.2, 0) is 13.5 Å². The van der Waals surface area contributed by atoms with E-state index in [-0.39, 0.29) is 0 Å². The monoisotopic (exact) mass is 299 g/mol. The van der Waals surface area contributed by atoms with E-state index in [4.69, 9.17) is 4.98 Å². The van der Waals surface area contributed by atoms with Crippen LogP contribution in [0.1, 0.15) is 27.2 Å². The third-order valence-corrected chi connectivity index (χ3v) is 5.41. The van der Waals surface area contributed by atoms with Crippen molar-refractivity contribution in [2.75, 3.05) is 7.05 Å².